The lowest BCUT2D eigenvalue weighted by Gasteiger charge is -2.32. The molecule has 0 aliphatic carbocycles. The minimum atomic E-state index is -0.283. The molecule has 0 saturated carbocycles. The molecular formula is C17H30N4O2. The summed E-state index contributed by atoms with van der Waals surface area (Å²) in [4.78, 5) is 4.75. The van der Waals surface area contributed by atoms with Gasteiger partial charge in [0.15, 0.2) is 0 Å². The summed E-state index contributed by atoms with van der Waals surface area (Å²) in [7, 11) is 0. The zero-order valence-corrected chi connectivity index (χ0v) is 14.4. The highest BCUT2D eigenvalue weighted by molar-refractivity contribution is 5.07. The molecule has 1 aromatic heterocycles. The van der Waals surface area contributed by atoms with Crippen molar-refractivity contribution in [3.63, 3.8) is 0 Å². The van der Waals surface area contributed by atoms with Crippen LogP contribution in [0.15, 0.2) is 6.07 Å². The Morgan fingerprint density at radius 3 is 2.74 bits per heavy atom. The first-order valence-electron chi connectivity index (χ1n) is 8.85. The Morgan fingerprint density at radius 2 is 2.04 bits per heavy atom. The third kappa shape index (κ3) is 4.53. The van der Waals surface area contributed by atoms with Crippen molar-refractivity contribution in [2.24, 2.45) is 0 Å². The van der Waals surface area contributed by atoms with Gasteiger partial charge in [-0.3, -0.25) is 14.5 Å². The van der Waals surface area contributed by atoms with Crippen LogP contribution in [-0.2, 0) is 11.3 Å². The van der Waals surface area contributed by atoms with Crippen molar-refractivity contribution in [1.82, 2.24) is 19.6 Å². The topological polar surface area (TPSA) is 53.8 Å². The number of aliphatic hydroxyl groups excluding tert-OH is 1. The molecule has 23 heavy (non-hydrogen) atoms. The van der Waals surface area contributed by atoms with Crippen molar-refractivity contribution in [1.29, 1.82) is 0 Å². The second-order valence-electron chi connectivity index (χ2n) is 6.97. The summed E-state index contributed by atoms with van der Waals surface area (Å²) in [6.45, 7) is 11.2. The predicted octanol–water partition coefficient (Wildman–Crippen LogP) is 0.657. The number of likely N-dealkylation sites (tertiary alicyclic amines) is 1. The molecule has 0 unspecified atom stereocenters. The maximum atomic E-state index is 10.5. The molecule has 2 aliphatic heterocycles. The third-order valence-electron chi connectivity index (χ3n) is 5.00. The third-order valence-corrected chi connectivity index (χ3v) is 5.00. The number of aryl methyl sites for hydroxylation is 2. The predicted molar refractivity (Wildman–Crippen MR) is 89.6 cm³/mol. The molecule has 6 heteroatoms. The van der Waals surface area contributed by atoms with Gasteiger partial charge in [0.25, 0.3) is 0 Å². The van der Waals surface area contributed by atoms with Crippen LogP contribution in [0.25, 0.3) is 0 Å². The van der Waals surface area contributed by atoms with Crippen molar-refractivity contribution in [2.45, 2.75) is 45.4 Å². The molecule has 0 amide bonds. The van der Waals surface area contributed by atoms with E-state index < -0.39 is 0 Å². The highest BCUT2D eigenvalue weighted by Crippen LogP contribution is 2.20. The smallest absolute Gasteiger partial charge is 0.0793 e. The zero-order valence-electron chi connectivity index (χ0n) is 14.4. The van der Waals surface area contributed by atoms with E-state index in [0.717, 1.165) is 58.2 Å². The Balaban J connectivity index is 1.51. The van der Waals surface area contributed by atoms with E-state index in [9.17, 15) is 5.11 Å². The monoisotopic (exact) mass is 322 g/mol. The minimum Gasteiger partial charge on any atom is -0.390 e. The fourth-order valence-electron chi connectivity index (χ4n) is 3.81. The van der Waals surface area contributed by atoms with Gasteiger partial charge < -0.3 is 9.84 Å². The van der Waals surface area contributed by atoms with Gasteiger partial charge >= 0.3 is 0 Å². The van der Waals surface area contributed by atoms with Crippen LogP contribution in [0.5, 0.6) is 0 Å². The van der Waals surface area contributed by atoms with Gasteiger partial charge in [-0.15, -0.1) is 0 Å². The molecule has 2 fully saturated rings. The van der Waals surface area contributed by atoms with E-state index in [1.807, 2.05) is 6.92 Å². The number of nitrogens with zero attached hydrogens (tertiary/aromatic N) is 4. The van der Waals surface area contributed by atoms with E-state index in [0.29, 0.717) is 6.04 Å². The van der Waals surface area contributed by atoms with E-state index in [-0.39, 0.29) is 6.10 Å². The molecule has 0 spiro atoms. The van der Waals surface area contributed by atoms with Gasteiger partial charge in [0, 0.05) is 37.9 Å². The van der Waals surface area contributed by atoms with Crippen LogP contribution in [0.4, 0.5) is 0 Å². The van der Waals surface area contributed by atoms with Crippen LogP contribution in [0.1, 0.15) is 24.2 Å². The molecule has 0 radical (unpaired) electrons. The highest BCUT2D eigenvalue weighted by Gasteiger charge is 2.28. The first kappa shape index (κ1) is 16.9. The number of hydrogen-bond donors (Lipinski definition) is 1. The summed E-state index contributed by atoms with van der Waals surface area (Å²) in [5, 5.41) is 15.0. The molecule has 6 nitrogen and oxygen atoms in total. The minimum absolute atomic E-state index is 0.283. The van der Waals surface area contributed by atoms with E-state index in [1.165, 1.54) is 18.5 Å². The molecule has 0 bridgehead atoms. The van der Waals surface area contributed by atoms with Gasteiger partial charge in [-0.05, 0) is 39.3 Å². The zero-order chi connectivity index (χ0) is 16.2. The summed E-state index contributed by atoms with van der Waals surface area (Å²) >= 11 is 0. The van der Waals surface area contributed by atoms with E-state index >= 15 is 0 Å². The van der Waals surface area contributed by atoms with Gasteiger partial charge in [-0.2, -0.15) is 5.10 Å². The lowest BCUT2D eigenvalue weighted by atomic mass is 10.2. The van der Waals surface area contributed by atoms with Gasteiger partial charge in [0.1, 0.15) is 0 Å². The molecule has 0 aromatic carbocycles. The number of rotatable bonds is 6. The average Bonchev–Trinajstić information content (AvgIpc) is 3.07. The summed E-state index contributed by atoms with van der Waals surface area (Å²) in [5.74, 6) is 0. The van der Waals surface area contributed by atoms with Crippen LogP contribution in [0.2, 0.25) is 0 Å². The first-order chi connectivity index (χ1) is 11.1. The summed E-state index contributed by atoms with van der Waals surface area (Å²) in [5.41, 5.74) is 2.31. The molecule has 3 heterocycles. The summed E-state index contributed by atoms with van der Waals surface area (Å²) < 4.78 is 7.49. The first-order valence-corrected chi connectivity index (χ1v) is 8.85. The SMILES string of the molecule is Cc1cc(C)n(C[C@@H]2CCCN2C[C@H](O)CN2CCOCC2)n1. The molecule has 2 aliphatic rings. The molecular weight excluding hydrogens is 292 g/mol. The fourth-order valence-corrected chi connectivity index (χ4v) is 3.81. The van der Waals surface area contributed by atoms with Crippen molar-refractivity contribution in [2.75, 3.05) is 45.9 Å². The van der Waals surface area contributed by atoms with Crippen molar-refractivity contribution >= 4 is 0 Å². The Hall–Kier alpha value is -0.950. The second kappa shape index (κ2) is 7.75. The van der Waals surface area contributed by atoms with Crippen molar-refractivity contribution in [3.8, 4) is 0 Å². The molecule has 1 aromatic rings. The maximum Gasteiger partial charge on any atom is 0.0793 e. The van der Waals surface area contributed by atoms with Crippen LogP contribution >= 0.6 is 0 Å². The number of hydrogen-bond acceptors (Lipinski definition) is 5. The van der Waals surface area contributed by atoms with Crippen LogP contribution in [0, 0.1) is 13.8 Å². The molecule has 1 N–H and O–H groups in total. The number of morpholine rings is 1. The second-order valence-corrected chi connectivity index (χ2v) is 6.97. The van der Waals surface area contributed by atoms with E-state index in [1.54, 1.807) is 0 Å². The quantitative estimate of drug-likeness (QED) is 0.834. The van der Waals surface area contributed by atoms with Crippen LogP contribution in [0.3, 0.4) is 0 Å². The molecule has 130 valence electrons. The van der Waals surface area contributed by atoms with Crippen molar-refractivity contribution in [3.05, 3.63) is 17.5 Å². The van der Waals surface area contributed by atoms with Gasteiger partial charge in [0.2, 0.25) is 0 Å². The van der Waals surface area contributed by atoms with Crippen LogP contribution < -0.4 is 0 Å². The number of aromatic nitrogens is 2. The van der Waals surface area contributed by atoms with Gasteiger partial charge in [-0.1, -0.05) is 0 Å². The molecule has 3 rings (SSSR count). The molecule has 2 saturated heterocycles. The highest BCUT2D eigenvalue weighted by atomic mass is 16.5. The summed E-state index contributed by atoms with van der Waals surface area (Å²) in [6, 6.07) is 2.62. The lowest BCUT2D eigenvalue weighted by Crippen LogP contribution is -2.46. The van der Waals surface area contributed by atoms with E-state index in [4.69, 9.17) is 4.74 Å². The number of ether oxygens (including phenoxy) is 1. The van der Waals surface area contributed by atoms with Gasteiger partial charge in [-0.25, -0.2) is 0 Å². The fraction of sp³-hybridized carbons (Fsp3) is 0.824. The average molecular weight is 322 g/mol. The van der Waals surface area contributed by atoms with Crippen LogP contribution in [-0.4, -0.2) is 82.8 Å². The molecule has 2 atom stereocenters. The van der Waals surface area contributed by atoms with Gasteiger partial charge in [0.05, 0.1) is 31.6 Å². The number of aliphatic hydroxyl groups is 1. The lowest BCUT2D eigenvalue weighted by molar-refractivity contribution is 0.00529. The Kier molecular flexibility index (Phi) is 5.69. The maximum absolute atomic E-state index is 10.5. The standard InChI is InChI=1S/C17H30N4O2/c1-14-10-15(2)21(18-14)11-16-4-3-5-20(16)13-17(22)12-19-6-8-23-9-7-19/h10,16-17,22H,3-9,11-13H2,1-2H3/t16-,17+/m0/s1. The van der Waals surface area contributed by atoms with Crippen molar-refractivity contribution < 1.29 is 9.84 Å². The summed E-state index contributed by atoms with van der Waals surface area (Å²) in [6.07, 6.45) is 2.13. The Bertz CT molecular complexity index is 499. The normalized spacial score (nSPS) is 25.1. The Morgan fingerprint density at radius 1 is 1.26 bits per heavy atom. The largest absolute Gasteiger partial charge is 0.390 e. The van der Waals surface area contributed by atoms with E-state index in [2.05, 4.69) is 32.6 Å². The number of β-amino-alcohol motifs (C(OH)–C–C–N with tert-alkyl or cyclic N) is 1. The Labute approximate surface area is 139 Å².